The van der Waals surface area contributed by atoms with Gasteiger partial charge in [-0.15, -0.1) is 0 Å². The number of alkyl halides is 6. The van der Waals surface area contributed by atoms with E-state index in [9.17, 15) is 35.5 Å². The number of urea groups is 1. The molecule has 3 aromatic rings. The van der Waals surface area contributed by atoms with Gasteiger partial charge in [-0.2, -0.15) is 26.3 Å². The molecule has 0 saturated heterocycles. The minimum absolute atomic E-state index is 0.206. The van der Waals surface area contributed by atoms with Crippen LogP contribution in [0.3, 0.4) is 0 Å². The van der Waals surface area contributed by atoms with Gasteiger partial charge in [0, 0.05) is 12.0 Å². The molecule has 1 unspecified atom stereocenters. The number of hydrogen-bond acceptors (Lipinski definition) is 2. The van der Waals surface area contributed by atoms with E-state index in [1.54, 1.807) is 37.3 Å². The normalized spacial score (nSPS) is 16.6. The van der Waals surface area contributed by atoms with Gasteiger partial charge in [0.15, 0.2) is 0 Å². The van der Waals surface area contributed by atoms with E-state index in [-0.39, 0.29) is 17.2 Å². The van der Waals surface area contributed by atoms with Crippen molar-refractivity contribution in [1.29, 1.82) is 0 Å². The lowest BCUT2D eigenvalue weighted by molar-refractivity contribution is -0.139. The van der Waals surface area contributed by atoms with E-state index in [0.29, 0.717) is 30.5 Å². The SMILES string of the molecule is COc1ccc([C@@](NC(=O)NC2CCCC2)(c2cc(F)cc(C(F)(F)F)c2)C(C)c2ccccc2)cc1C(F)(F)F. The second kappa shape index (κ2) is 11.6. The van der Waals surface area contributed by atoms with Crippen molar-refractivity contribution < 1.29 is 40.3 Å². The first-order chi connectivity index (χ1) is 19.3. The zero-order chi connectivity index (χ0) is 30.0. The molecule has 1 fully saturated rings. The average Bonchev–Trinajstić information content (AvgIpc) is 3.43. The average molecular weight is 583 g/mol. The largest absolute Gasteiger partial charge is 0.496 e. The molecule has 2 N–H and O–H groups in total. The predicted molar refractivity (Wildman–Crippen MR) is 139 cm³/mol. The maximum atomic E-state index is 14.9. The summed E-state index contributed by atoms with van der Waals surface area (Å²) in [5, 5.41) is 5.51. The molecule has 3 aromatic carbocycles. The molecule has 0 heterocycles. The number of rotatable bonds is 7. The molecule has 4 nitrogen and oxygen atoms in total. The van der Waals surface area contributed by atoms with Crippen molar-refractivity contribution in [3.63, 3.8) is 0 Å². The van der Waals surface area contributed by atoms with Crippen molar-refractivity contribution in [3.05, 3.63) is 100 Å². The number of benzene rings is 3. The zero-order valence-corrected chi connectivity index (χ0v) is 22.3. The number of hydrogen-bond donors (Lipinski definition) is 2. The first kappa shape index (κ1) is 30.2. The summed E-state index contributed by atoms with van der Waals surface area (Å²) in [6, 6.07) is 12.0. The summed E-state index contributed by atoms with van der Waals surface area (Å²) in [4.78, 5) is 13.5. The monoisotopic (exact) mass is 582 g/mol. The summed E-state index contributed by atoms with van der Waals surface area (Å²) >= 11 is 0. The van der Waals surface area contributed by atoms with Crippen LogP contribution >= 0.6 is 0 Å². The number of amides is 2. The summed E-state index contributed by atoms with van der Waals surface area (Å²) < 4.78 is 104. The van der Waals surface area contributed by atoms with Crippen LogP contribution < -0.4 is 15.4 Å². The molecule has 2 atom stereocenters. The zero-order valence-electron chi connectivity index (χ0n) is 22.3. The van der Waals surface area contributed by atoms with Gasteiger partial charge in [-0.3, -0.25) is 0 Å². The first-order valence-corrected chi connectivity index (χ1v) is 13.0. The molecule has 220 valence electrons. The van der Waals surface area contributed by atoms with E-state index in [0.717, 1.165) is 38.2 Å². The Balaban J connectivity index is 2.04. The van der Waals surface area contributed by atoms with Gasteiger partial charge in [0.25, 0.3) is 0 Å². The van der Waals surface area contributed by atoms with Crippen LogP contribution in [0.25, 0.3) is 0 Å². The van der Waals surface area contributed by atoms with Gasteiger partial charge in [0.2, 0.25) is 0 Å². The highest BCUT2D eigenvalue weighted by atomic mass is 19.4. The fourth-order valence-corrected chi connectivity index (χ4v) is 5.54. The molecule has 0 spiro atoms. The van der Waals surface area contributed by atoms with E-state index in [1.165, 1.54) is 6.07 Å². The van der Waals surface area contributed by atoms with Crippen LogP contribution in [0.2, 0.25) is 0 Å². The van der Waals surface area contributed by atoms with E-state index in [4.69, 9.17) is 4.74 Å². The fraction of sp³-hybridized carbons (Fsp3) is 0.367. The minimum atomic E-state index is -4.97. The third-order valence-corrected chi connectivity index (χ3v) is 7.59. The second-order valence-corrected chi connectivity index (χ2v) is 10.2. The van der Waals surface area contributed by atoms with E-state index in [1.807, 2.05) is 0 Å². The molecule has 2 amide bonds. The van der Waals surface area contributed by atoms with Crippen LogP contribution in [0.15, 0.2) is 66.7 Å². The highest BCUT2D eigenvalue weighted by molar-refractivity contribution is 5.77. The van der Waals surface area contributed by atoms with Gasteiger partial charge >= 0.3 is 18.4 Å². The van der Waals surface area contributed by atoms with Crippen LogP contribution in [0.4, 0.5) is 35.5 Å². The number of ether oxygens (including phenoxy) is 1. The van der Waals surface area contributed by atoms with E-state index >= 15 is 0 Å². The highest BCUT2D eigenvalue weighted by Crippen LogP contribution is 2.47. The lowest BCUT2D eigenvalue weighted by Crippen LogP contribution is -2.55. The van der Waals surface area contributed by atoms with Crippen LogP contribution in [0.1, 0.15) is 66.3 Å². The Kier molecular flexibility index (Phi) is 8.56. The molecule has 0 aliphatic heterocycles. The van der Waals surface area contributed by atoms with Crippen LogP contribution in [-0.2, 0) is 17.9 Å². The van der Waals surface area contributed by atoms with Gasteiger partial charge in [-0.1, -0.05) is 56.2 Å². The lowest BCUT2D eigenvalue weighted by Gasteiger charge is -2.42. The molecule has 1 aliphatic carbocycles. The third-order valence-electron chi connectivity index (χ3n) is 7.59. The van der Waals surface area contributed by atoms with E-state index < -0.39 is 52.5 Å². The molecule has 41 heavy (non-hydrogen) atoms. The quantitative estimate of drug-likeness (QED) is 0.276. The van der Waals surface area contributed by atoms with Gasteiger partial charge in [0.05, 0.1) is 23.8 Å². The fourth-order valence-electron chi connectivity index (χ4n) is 5.54. The Hall–Kier alpha value is -3.76. The van der Waals surface area contributed by atoms with E-state index in [2.05, 4.69) is 10.6 Å². The maximum Gasteiger partial charge on any atom is 0.419 e. The third kappa shape index (κ3) is 6.44. The summed E-state index contributed by atoms with van der Waals surface area (Å²) in [6.45, 7) is 1.56. The summed E-state index contributed by atoms with van der Waals surface area (Å²) in [5.41, 5.74) is -4.73. The Morgan fingerprint density at radius 1 is 0.854 bits per heavy atom. The van der Waals surface area contributed by atoms with Crippen LogP contribution in [-0.4, -0.2) is 19.2 Å². The van der Waals surface area contributed by atoms with Crippen molar-refractivity contribution in [1.82, 2.24) is 10.6 Å². The Morgan fingerprint density at radius 3 is 2.07 bits per heavy atom. The topological polar surface area (TPSA) is 50.4 Å². The van der Waals surface area contributed by atoms with Crippen molar-refractivity contribution in [2.24, 2.45) is 0 Å². The molecule has 0 radical (unpaired) electrons. The second-order valence-electron chi connectivity index (χ2n) is 10.2. The maximum absolute atomic E-state index is 14.9. The molecule has 1 aliphatic rings. The van der Waals surface area contributed by atoms with Gasteiger partial charge < -0.3 is 15.4 Å². The first-order valence-electron chi connectivity index (χ1n) is 13.0. The highest BCUT2D eigenvalue weighted by Gasteiger charge is 2.46. The number of carbonyl (C=O) groups excluding carboxylic acids is 1. The number of nitrogens with one attached hydrogen (secondary N) is 2. The van der Waals surface area contributed by atoms with Crippen LogP contribution in [0, 0.1) is 5.82 Å². The summed E-state index contributed by atoms with van der Waals surface area (Å²) in [7, 11) is 1.06. The number of methoxy groups -OCH3 is 1. The van der Waals surface area contributed by atoms with Gasteiger partial charge in [-0.25, -0.2) is 9.18 Å². The number of carbonyl (C=O) groups is 1. The lowest BCUT2D eigenvalue weighted by atomic mass is 9.70. The number of halogens is 7. The molecular weight excluding hydrogens is 553 g/mol. The van der Waals surface area contributed by atoms with Crippen LogP contribution in [0.5, 0.6) is 5.75 Å². The smallest absolute Gasteiger partial charge is 0.419 e. The minimum Gasteiger partial charge on any atom is -0.496 e. The van der Waals surface area contributed by atoms with Crippen molar-refractivity contribution in [2.45, 2.75) is 62.5 Å². The molecular formula is C30H29F7N2O2. The Morgan fingerprint density at radius 2 is 1.49 bits per heavy atom. The summed E-state index contributed by atoms with van der Waals surface area (Å²) in [5.74, 6) is -2.76. The van der Waals surface area contributed by atoms with Crippen molar-refractivity contribution >= 4 is 6.03 Å². The molecule has 1 saturated carbocycles. The molecule has 11 heteroatoms. The molecule has 0 bridgehead atoms. The Bertz CT molecular complexity index is 1370. The molecule has 4 rings (SSSR count). The summed E-state index contributed by atoms with van der Waals surface area (Å²) in [6.07, 6.45) is -6.80. The standard InChI is InChI=1S/C30H29F7N2O2/c1-18(19-8-4-3-5-9-19)28(39-27(40)38-24-10-6-7-11-24,21-14-22(29(32,33)34)16-23(31)15-21)20-12-13-26(41-2)25(17-20)30(35,36)37/h3-5,8-9,12-18,24H,6-7,10-11H2,1-2H3,(H2,38,39,40)/t18?,28-/m1/s1. The molecule has 0 aromatic heterocycles. The van der Waals surface area contributed by atoms with Crippen molar-refractivity contribution in [2.75, 3.05) is 7.11 Å². The predicted octanol–water partition coefficient (Wildman–Crippen LogP) is 8.16. The van der Waals surface area contributed by atoms with Crippen molar-refractivity contribution in [3.8, 4) is 5.75 Å². The van der Waals surface area contributed by atoms with Gasteiger partial charge in [-0.05, 0) is 59.9 Å². The Labute approximate surface area is 232 Å². The van der Waals surface area contributed by atoms with Gasteiger partial charge in [0.1, 0.15) is 11.6 Å².